The van der Waals surface area contributed by atoms with Gasteiger partial charge in [0.2, 0.25) is 5.91 Å². The van der Waals surface area contributed by atoms with Crippen LogP contribution in [-0.2, 0) is 4.79 Å². The Kier molecular flexibility index (Phi) is 4.73. The predicted octanol–water partition coefficient (Wildman–Crippen LogP) is 3.08. The van der Waals surface area contributed by atoms with Crippen LogP contribution in [0, 0.1) is 34.0 Å². The minimum Gasteiger partial charge on any atom is -0.319 e. The highest BCUT2D eigenvalue weighted by molar-refractivity contribution is 8.03. The quantitative estimate of drug-likeness (QED) is 0.866. The lowest BCUT2D eigenvalue weighted by Crippen LogP contribution is -2.48. The molecule has 1 N–H and O–H groups in total. The van der Waals surface area contributed by atoms with Crippen LogP contribution in [0.3, 0.4) is 0 Å². The molecule has 0 radical (unpaired) electrons. The molecule has 0 aromatic rings. The van der Waals surface area contributed by atoms with Crippen molar-refractivity contribution in [1.82, 2.24) is 5.32 Å². The van der Waals surface area contributed by atoms with Crippen molar-refractivity contribution in [1.29, 1.82) is 10.5 Å². The highest BCUT2D eigenvalue weighted by atomic mass is 32.2. The van der Waals surface area contributed by atoms with E-state index in [2.05, 4.69) is 24.4 Å². The van der Waals surface area contributed by atoms with E-state index in [1.165, 1.54) is 11.8 Å². The average molecular weight is 289 g/mol. The summed E-state index contributed by atoms with van der Waals surface area (Å²) in [5.41, 5.74) is 0.0990. The van der Waals surface area contributed by atoms with Crippen LogP contribution < -0.4 is 5.32 Å². The molecule has 2 rings (SSSR count). The zero-order valence-corrected chi connectivity index (χ0v) is 12.6. The molecule has 1 amide bonds. The first kappa shape index (κ1) is 14.9. The van der Waals surface area contributed by atoms with E-state index in [4.69, 9.17) is 0 Å². The lowest BCUT2D eigenvalue weighted by molar-refractivity contribution is -0.126. The molecule has 0 aromatic carbocycles. The van der Waals surface area contributed by atoms with Crippen molar-refractivity contribution in [2.45, 2.75) is 45.4 Å². The topological polar surface area (TPSA) is 76.7 Å². The molecule has 0 saturated heterocycles. The average Bonchev–Trinajstić information content (AvgIpc) is 2.46. The smallest absolute Gasteiger partial charge is 0.243 e. The van der Waals surface area contributed by atoms with Gasteiger partial charge in [-0.1, -0.05) is 26.2 Å². The minimum atomic E-state index is -0.719. The monoisotopic (exact) mass is 289 g/mol. The van der Waals surface area contributed by atoms with E-state index < -0.39 is 11.3 Å². The van der Waals surface area contributed by atoms with Crippen molar-refractivity contribution in [3.63, 3.8) is 0 Å². The van der Waals surface area contributed by atoms with Crippen LogP contribution >= 0.6 is 11.8 Å². The summed E-state index contributed by atoms with van der Waals surface area (Å²) in [7, 11) is 0. The fourth-order valence-electron chi connectivity index (χ4n) is 3.25. The molecule has 0 bridgehead atoms. The van der Waals surface area contributed by atoms with Crippen LogP contribution in [0.5, 0.6) is 0 Å². The van der Waals surface area contributed by atoms with E-state index in [1.807, 2.05) is 0 Å². The normalized spacial score (nSPS) is 24.9. The molecule has 1 spiro atoms. The molecule has 4 nitrogen and oxygen atoms in total. The van der Waals surface area contributed by atoms with Gasteiger partial charge in [-0.15, -0.1) is 11.8 Å². The standard InChI is InChI=1S/C15H19N3OS/c1-2-8-20-14-12(10-17)15(6-4-3-5-7-15)11(9-16)13(19)18-14/h11H,2-8H2,1H3,(H,18,19). The number of nitriles is 2. The van der Waals surface area contributed by atoms with Crippen molar-refractivity contribution in [3.05, 3.63) is 10.6 Å². The molecule has 1 heterocycles. The van der Waals surface area contributed by atoms with E-state index in [-0.39, 0.29) is 5.91 Å². The van der Waals surface area contributed by atoms with Crippen LogP contribution in [0.4, 0.5) is 0 Å². The van der Waals surface area contributed by atoms with Gasteiger partial charge < -0.3 is 5.32 Å². The Labute approximate surface area is 124 Å². The van der Waals surface area contributed by atoms with E-state index in [0.717, 1.165) is 44.3 Å². The lowest BCUT2D eigenvalue weighted by Gasteiger charge is -2.43. The van der Waals surface area contributed by atoms with Gasteiger partial charge in [0.25, 0.3) is 0 Å². The van der Waals surface area contributed by atoms with Crippen LogP contribution in [0.2, 0.25) is 0 Å². The second kappa shape index (κ2) is 6.33. The van der Waals surface area contributed by atoms with Gasteiger partial charge in [0.05, 0.1) is 22.7 Å². The van der Waals surface area contributed by atoms with Gasteiger partial charge in [0.15, 0.2) is 0 Å². The third kappa shape index (κ3) is 2.43. The maximum absolute atomic E-state index is 12.2. The molecule has 1 atom stereocenters. The summed E-state index contributed by atoms with van der Waals surface area (Å²) in [5.74, 6) is -0.0795. The summed E-state index contributed by atoms with van der Waals surface area (Å²) in [4.78, 5) is 12.2. The number of rotatable bonds is 3. The first-order valence-electron chi connectivity index (χ1n) is 7.17. The predicted molar refractivity (Wildman–Crippen MR) is 78.2 cm³/mol. The van der Waals surface area contributed by atoms with Gasteiger partial charge in [0, 0.05) is 5.41 Å². The highest BCUT2D eigenvalue weighted by Gasteiger charge is 2.51. The zero-order chi connectivity index (χ0) is 14.6. The number of carbonyl (C=O) groups is 1. The van der Waals surface area contributed by atoms with Crippen molar-refractivity contribution < 1.29 is 4.79 Å². The molecule has 106 valence electrons. The summed E-state index contributed by atoms with van der Waals surface area (Å²) >= 11 is 1.53. The summed E-state index contributed by atoms with van der Waals surface area (Å²) < 4.78 is 0. The number of hydrogen-bond donors (Lipinski definition) is 1. The molecule has 1 aliphatic heterocycles. The van der Waals surface area contributed by atoms with Crippen molar-refractivity contribution in [2.24, 2.45) is 11.3 Å². The Balaban J connectivity index is 2.47. The molecular formula is C15H19N3OS. The maximum atomic E-state index is 12.2. The Hall–Kier alpha value is -1.46. The third-order valence-corrected chi connectivity index (χ3v) is 5.42. The van der Waals surface area contributed by atoms with Crippen molar-refractivity contribution in [3.8, 4) is 12.1 Å². The molecule has 5 heteroatoms. The number of nitrogens with zero attached hydrogens (tertiary/aromatic N) is 2. The first-order chi connectivity index (χ1) is 9.69. The van der Waals surface area contributed by atoms with Crippen LogP contribution in [0.1, 0.15) is 45.4 Å². The number of hydrogen-bond acceptors (Lipinski definition) is 4. The van der Waals surface area contributed by atoms with Crippen molar-refractivity contribution >= 4 is 17.7 Å². The minimum absolute atomic E-state index is 0.230. The molecule has 2 aliphatic rings. The van der Waals surface area contributed by atoms with Gasteiger partial charge in [-0.3, -0.25) is 4.79 Å². The number of amides is 1. The van der Waals surface area contributed by atoms with Gasteiger partial charge in [-0.25, -0.2) is 0 Å². The van der Waals surface area contributed by atoms with Crippen LogP contribution in [0.15, 0.2) is 10.6 Å². The second-order valence-corrected chi connectivity index (χ2v) is 6.54. The number of carbonyl (C=O) groups excluding carboxylic acids is 1. The summed E-state index contributed by atoms with van der Waals surface area (Å²) in [6, 6.07) is 4.45. The number of thioether (sulfide) groups is 1. The lowest BCUT2D eigenvalue weighted by atomic mass is 9.61. The maximum Gasteiger partial charge on any atom is 0.243 e. The highest BCUT2D eigenvalue weighted by Crippen LogP contribution is 2.51. The molecule has 1 unspecified atom stereocenters. The van der Waals surface area contributed by atoms with Gasteiger partial charge in [0.1, 0.15) is 5.92 Å². The SMILES string of the molecule is CCCSC1=C(C#N)C2(CCCCC2)C(C#N)C(=O)N1. The fourth-order valence-corrected chi connectivity index (χ4v) is 4.22. The molecule has 1 aliphatic carbocycles. The largest absolute Gasteiger partial charge is 0.319 e. The Morgan fingerprint density at radius 1 is 1.35 bits per heavy atom. The van der Waals surface area contributed by atoms with Crippen LogP contribution in [-0.4, -0.2) is 11.7 Å². The first-order valence-corrected chi connectivity index (χ1v) is 8.16. The van der Waals surface area contributed by atoms with Gasteiger partial charge >= 0.3 is 0 Å². The van der Waals surface area contributed by atoms with E-state index >= 15 is 0 Å². The van der Waals surface area contributed by atoms with Crippen LogP contribution in [0.25, 0.3) is 0 Å². The van der Waals surface area contributed by atoms with E-state index in [9.17, 15) is 15.3 Å². The zero-order valence-electron chi connectivity index (χ0n) is 11.7. The Morgan fingerprint density at radius 2 is 2.05 bits per heavy atom. The van der Waals surface area contributed by atoms with E-state index in [1.54, 1.807) is 0 Å². The Morgan fingerprint density at radius 3 is 2.60 bits per heavy atom. The van der Waals surface area contributed by atoms with Gasteiger partial charge in [-0.2, -0.15) is 10.5 Å². The van der Waals surface area contributed by atoms with Gasteiger partial charge in [-0.05, 0) is 25.0 Å². The molecular weight excluding hydrogens is 270 g/mol. The molecule has 20 heavy (non-hydrogen) atoms. The number of allylic oxidation sites excluding steroid dienone is 1. The summed E-state index contributed by atoms with van der Waals surface area (Å²) in [6.07, 6.45) is 5.63. The second-order valence-electron chi connectivity index (χ2n) is 5.43. The van der Waals surface area contributed by atoms with E-state index in [0.29, 0.717) is 10.6 Å². The third-order valence-electron chi connectivity index (χ3n) is 4.21. The molecule has 1 saturated carbocycles. The van der Waals surface area contributed by atoms with Crippen molar-refractivity contribution in [2.75, 3.05) is 5.75 Å². The number of nitrogens with one attached hydrogen (secondary N) is 1. The summed E-state index contributed by atoms with van der Waals surface area (Å²) in [5, 5.41) is 22.5. The Bertz CT molecular complexity index is 506. The molecule has 1 fully saturated rings. The summed E-state index contributed by atoms with van der Waals surface area (Å²) in [6.45, 7) is 2.07. The fraction of sp³-hybridized carbons (Fsp3) is 0.667. The molecule has 0 aromatic heterocycles.